The Morgan fingerprint density at radius 3 is 2.12 bits per heavy atom. The number of amides is 2. The second-order valence-electron chi connectivity index (χ2n) is 5.92. The Morgan fingerprint density at radius 1 is 1.00 bits per heavy atom. The highest BCUT2D eigenvalue weighted by Crippen LogP contribution is 2.14. The van der Waals surface area contributed by atoms with Gasteiger partial charge in [0, 0.05) is 11.3 Å². The largest absolute Gasteiger partial charge is 0.497 e. The van der Waals surface area contributed by atoms with Gasteiger partial charge in [-0.15, -0.1) is 0 Å². The molecule has 0 spiro atoms. The van der Waals surface area contributed by atoms with Crippen LogP contribution in [0.5, 0.6) is 5.75 Å². The van der Waals surface area contributed by atoms with Crippen molar-refractivity contribution in [1.82, 2.24) is 5.32 Å². The molecule has 0 saturated carbocycles. The van der Waals surface area contributed by atoms with Crippen LogP contribution in [-0.4, -0.2) is 25.0 Å². The molecule has 0 aromatic heterocycles. The quantitative estimate of drug-likeness (QED) is 0.845. The van der Waals surface area contributed by atoms with Crippen LogP contribution in [0.4, 0.5) is 10.1 Å². The van der Waals surface area contributed by atoms with Gasteiger partial charge in [-0.25, -0.2) is 4.39 Å². The first-order valence-corrected chi connectivity index (χ1v) is 7.92. The maximum Gasteiger partial charge on any atom is 0.251 e. The molecule has 0 radical (unpaired) electrons. The lowest BCUT2D eigenvalue weighted by molar-refractivity contribution is -0.118. The number of nitrogens with one attached hydrogen (secondary N) is 2. The first-order valence-electron chi connectivity index (χ1n) is 7.92. The molecule has 2 amide bonds. The first kappa shape index (κ1) is 18.4. The van der Waals surface area contributed by atoms with Gasteiger partial charge >= 0.3 is 0 Å². The number of ether oxygens (including phenoxy) is 1. The van der Waals surface area contributed by atoms with Crippen LogP contribution in [0.2, 0.25) is 0 Å². The summed E-state index contributed by atoms with van der Waals surface area (Å²) >= 11 is 0. The van der Waals surface area contributed by atoms with Crippen LogP contribution in [0.3, 0.4) is 0 Å². The van der Waals surface area contributed by atoms with E-state index in [4.69, 9.17) is 4.74 Å². The summed E-state index contributed by atoms with van der Waals surface area (Å²) in [5, 5.41) is 5.42. The predicted molar refractivity (Wildman–Crippen MR) is 94.1 cm³/mol. The van der Waals surface area contributed by atoms with Crippen molar-refractivity contribution in [3.8, 4) is 5.75 Å². The van der Waals surface area contributed by atoms with E-state index in [9.17, 15) is 14.0 Å². The molecule has 0 aliphatic rings. The van der Waals surface area contributed by atoms with Crippen molar-refractivity contribution in [3.05, 3.63) is 59.9 Å². The van der Waals surface area contributed by atoms with Crippen LogP contribution in [0.1, 0.15) is 24.2 Å². The molecule has 0 fully saturated rings. The monoisotopic (exact) mass is 344 g/mol. The van der Waals surface area contributed by atoms with Crippen LogP contribution in [0.15, 0.2) is 48.5 Å². The van der Waals surface area contributed by atoms with Crippen molar-refractivity contribution >= 4 is 17.5 Å². The molecule has 25 heavy (non-hydrogen) atoms. The van der Waals surface area contributed by atoms with Gasteiger partial charge in [-0.1, -0.05) is 13.8 Å². The molecule has 2 rings (SSSR count). The number of rotatable bonds is 6. The normalized spacial score (nSPS) is 11.7. The maximum absolute atomic E-state index is 12.9. The van der Waals surface area contributed by atoms with Crippen LogP contribution in [0.25, 0.3) is 0 Å². The minimum Gasteiger partial charge on any atom is -0.497 e. The molecule has 1 atom stereocenters. The third kappa shape index (κ3) is 5.04. The fourth-order valence-corrected chi connectivity index (χ4v) is 2.26. The van der Waals surface area contributed by atoms with Crippen molar-refractivity contribution in [2.45, 2.75) is 19.9 Å². The summed E-state index contributed by atoms with van der Waals surface area (Å²) in [6, 6.07) is 11.3. The Balaban J connectivity index is 2.07. The number of methoxy groups -OCH3 is 1. The lowest BCUT2D eigenvalue weighted by atomic mass is 10.0. The fraction of sp³-hybridized carbons (Fsp3) is 0.263. The molecule has 1 unspecified atom stereocenters. The Hall–Kier alpha value is -2.89. The molecule has 5 nitrogen and oxygen atoms in total. The molecule has 0 aliphatic heterocycles. The van der Waals surface area contributed by atoms with Gasteiger partial charge in [-0.3, -0.25) is 9.59 Å². The van der Waals surface area contributed by atoms with Crippen LogP contribution in [0, 0.1) is 11.7 Å². The van der Waals surface area contributed by atoms with E-state index in [0.717, 1.165) is 0 Å². The molecule has 2 aromatic rings. The van der Waals surface area contributed by atoms with E-state index in [0.29, 0.717) is 17.0 Å². The Kier molecular flexibility index (Phi) is 6.11. The topological polar surface area (TPSA) is 67.4 Å². The molecule has 0 aliphatic carbocycles. The highest BCUT2D eigenvalue weighted by molar-refractivity contribution is 6.01. The van der Waals surface area contributed by atoms with Gasteiger partial charge in [0.05, 0.1) is 7.11 Å². The van der Waals surface area contributed by atoms with E-state index in [1.54, 1.807) is 31.4 Å². The third-order valence-corrected chi connectivity index (χ3v) is 3.70. The van der Waals surface area contributed by atoms with E-state index in [1.807, 2.05) is 13.8 Å². The van der Waals surface area contributed by atoms with E-state index in [2.05, 4.69) is 10.6 Å². The van der Waals surface area contributed by atoms with Gasteiger partial charge in [-0.05, 0) is 54.4 Å². The van der Waals surface area contributed by atoms with Gasteiger partial charge in [-0.2, -0.15) is 0 Å². The summed E-state index contributed by atoms with van der Waals surface area (Å²) < 4.78 is 18.0. The van der Waals surface area contributed by atoms with E-state index in [-0.39, 0.29) is 23.5 Å². The average molecular weight is 344 g/mol. The smallest absolute Gasteiger partial charge is 0.251 e. The van der Waals surface area contributed by atoms with Gasteiger partial charge in [0.25, 0.3) is 5.91 Å². The van der Waals surface area contributed by atoms with Crippen molar-refractivity contribution in [2.24, 2.45) is 5.92 Å². The first-order chi connectivity index (χ1) is 11.9. The molecule has 0 heterocycles. The zero-order valence-electron chi connectivity index (χ0n) is 14.4. The van der Waals surface area contributed by atoms with Crippen molar-refractivity contribution in [1.29, 1.82) is 0 Å². The SMILES string of the molecule is COc1ccc(C(=O)NC(C(=O)Nc2ccc(F)cc2)C(C)C)cc1. The van der Waals surface area contributed by atoms with Gasteiger partial charge in [0.2, 0.25) is 5.91 Å². The number of halogens is 1. The summed E-state index contributed by atoms with van der Waals surface area (Å²) in [6.07, 6.45) is 0. The van der Waals surface area contributed by atoms with Crippen molar-refractivity contribution < 1.29 is 18.7 Å². The van der Waals surface area contributed by atoms with E-state index >= 15 is 0 Å². The maximum atomic E-state index is 12.9. The number of anilines is 1. The summed E-state index contributed by atoms with van der Waals surface area (Å²) in [4.78, 5) is 24.8. The van der Waals surface area contributed by atoms with Gasteiger partial charge in [0.1, 0.15) is 17.6 Å². The van der Waals surface area contributed by atoms with Crippen molar-refractivity contribution in [3.63, 3.8) is 0 Å². The number of benzene rings is 2. The summed E-state index contributed by atoms with van der Waals surface area (Å²) in [6.45, 7) is 3.67. The third-order valence-electron chi connectivity index (χ3n) is 3.70. The molecular weight excluding hydrogens is 323 g/mol. The summed E-state index contributed by atoms with van der Waals surface area (Å²) in [7, 11) is 1.55. The van der Waals surface area contributed by atoms with E-state index in [1.165, 1.54) is 24.3 Å². The fourth-order valence-electron chi connectivity index (χ4n) is 2.26. The minimum absolute atomic E-state index is 0.123. The Bertz CT molecular complexity index is 727. The zero-order valence-corrected chi connectivity index (χ0v) is 14.4. The molecule has 132 valence electrons. The second kappa shape index (κ2) is 8.28. The Labute approximate surface area is 146 Å². The highest BCUT2D eigenvalue weighted by atomic mass is 19.1. The standard InChI is InChI=1S/C19H21FN2O3/c1-12(2)17(19(24)21-15-8-6-14(20)7-9-15)22-18(23)13-4-10-16(25-3)11-5-13/h4-12,17H,1-3H3,(H,21,24)(H,22,23). The highest BCUT2D eigenvalue weighted by Gasteiger charge is 2.24. The van der Waals surface area contributed by atoms with E-state index < -0.39 is 6.04 Å². The minimum atomic E-state index is -0.723. The molecule has 2 N–H and O–H groups in total. The Morgan fingerprint density at radius 2 is 1.60 bits per heavy atom. The summed E-state index contributed by atoms with van der Waals surface area (Å²) in [5.41, 5.74) is 0.900. The zero-order chi connectivity index (χ0) is 18.4. The number of carbonyl (C=O) groups is 2. The van der Waals surface area contributed by atoms with Crippen LogP contribution >= 0.6 is 0 Å². The van der Waals surface area contributed by atoms with Gasteiger partial charge in [0.15, 0.2) is 0 Å². The molecule has 0 saturated heterocycles. The second-order valence-corrected chi connectivity index (χ2v) is 5.92. The molecule has 0 bridgehead atoms. The van der Waals surface area contributed by atoms with Crippen LogP contribution < -0.4 is 15.4 Å². The van der Waals surface area contributed by atoms with Crippen molar-refractivity contribution in [2.75, 3.05) is 12.4 Å². The molecular formula is C19H21FN2O3. The summed E-state index contributed by atoms with van der Waals surface area (Å²) in [5.74, 6) is -0.570. The lowest BCUT2D eigenvalue weighted by Crippen LogP contribution is -2.47. The number of hydrogen-bond acceptors (Lipinski definition) is 3. The number of hydrogen-bond donors (Lipinski definition) is 2. The lowest BCUT2D eigenvalue weighted by Gasteiger charge is -2.22. The van der Waals surface area contributed by atoms with Gasteiger partial charge < -0.3 is 15.4 Å². The number of carbonyl (C=O) groups excluding carboxylic acids is 2. The average Bonchev–Trinajstić information content (AvgIpc) is 2.61. The molecule has 2 aromatic carbocycles. The van der Waals surface area contributed by atoms with Crippen LogP contribution in [-0.2, 0) is 4.79 Å². The molecule has 6 heteroatoms. The predicted octanol–water partition coefficient (Wildman–Crippen LogP) is 3.23.